The minimum absolute atomic E-state index is 0.424. The Kier molecular flexibility index (Phi) is 3.77. The van der Waals surface area contributed by atoms with Gasteiger partial charge >= 0.3 is 0 Å². The number of halogens is 1. The van der Waals surface area contributed by atoms with Crippen molar-refractivity contribution in [3.63, 3.8) is 0 Å². The maximum atomic E-state index is 5.87. The molecule has 1 aliphatic heterocycles. The van der Waals surface area contributed by atoms with Gasteiger partial charge in [-0.2, -0.15) is 0 Å². The van der Waals surface area contributed by atoms with Gasteiger partial charge in [0.25, 0.3) is 0 Å². The second-order valence-corrected chi connectivity index (χ2v) is 5.45. The number of rotatable bonds is 2. The van der Waals surface area contributed by atoms with Gasteiger partial charge in [-0.1, -0.05) is 24.4 Å². The molecule has 98 valence electrons. The van der Waals surface area contributed by atoms with Crippen molar-refractivity contribution in [3.8, 4) is 0 Å². The van der Waals surface area contributed by atoms with Crippen LogP contribution in [0.15, 0.2) is 12.4 Å². The summed E-state index contributed by atoms with van der Waals surface area (Å²) in [4.78, 5) is 10.9. The Morgan fingerprint density at radius 2 is 2.17 bits per heavy atom. The second kappa shape index (κ2) is 5.51. The van der Waals surface area contributed by atoms with Gasteiger partial charge in [0.05, 0.1) is 30.8 Å². The molecule has 0 aromatic carbocycles. The van der Waals surface area contributed by atoms with E-state index < -0.39 is 0 Å². The van der Waals surface area contributed by atoms with Gasteiger partial charge in [-0.05, 0) is 12.8 Å². The Balaban J connectivity index is 1.69. The van der Waals surface area contributed by atoms with Crippen molar-refractivity contribution in [3.05, 3.63) is 23.2 Å². The molecule has 0 amide bonds. The van der Waals surface area contributed by atoms with E-state index in [1.807, 2.05) is 0 Å². The Morgan fingerprint density at radius 1 is 1.28 bits per heavy atom. The highest BCUT2D eigenvalue weighted by atomic mass is 35.5. The first-order valence-corrected chi connectivity index (χ1v) is 7.03. The predicted octanol–water partition coefficient (Wildman–Crippen LogP) is 2.27. The van der Waals surface area contributed by atoms with Crippen molar-refractivity contribution in [2.75, 3.05) is 13.2 Å². The maximum Gasteiger partial charge on any atom is 0.147 e. The topological polar surface area (TPSA) is 38.2 Å². The van der Waals surface area contributed by atoms with Crippen LogP contribution in [0.3, 0.4) is 0 Å². The van der Waals surface area contributed by atoms with E-state index in [1.54, 1.807) is 12.4 Å². The SMILES string of the molecule is Clc1cnc(CN2CCOC3CCCCC32)cn1. The first-order chi connectivity index (χ1) is 8.83. The number of hydrogen-bond donors (Lipinski definition) is 0. The molecule has 1 aliphatic carbocycles. The average Bonchev–Trinajstić information content (AvgIpc) is 2.42. The Labute approximate surface area is 112 Å². The van der Waals surface area contributed by atoms with Gasteiger partial charge in [-0.3, -0.25) is 9.88 Å². The van der Waals surface area contributed by atoms with Gasteiger partial charge in [0, 0.05) is 19.1 Å². The molecule has 3 rings (SSSR count). The highest BCUT2D eigenvalue weighted by Crippen LogP contribution is 2.29. The van der Waals surface area contributed by atoms with Gasteiger partial charge in [-0.15, -0.1) is 0 Å². The maximum absolute atomic E-state index is 5.87. The highest BCUT2D eigenvalue weighted by molar-refractivity contribution is 6.29. The van der Waals surface area contributed by atoms with Crippen LogP contribution in [0.5, 0.6) is 0 Å². The predicted molar refractivity (Wildman–Crippen MR) is 69.4 cm³/mol. The number of aromatic nitrogens is 2. The average molecular weight is 268 g/mol. The molecule has 1 saturated carbocycles. The molecule has 4 nitrogen and oxygen atoms in total. The summed E-state index contributed by atoms with van der Waals surface area (Å²) in [6, 6.07) is 0.560. The normalized spacial score (nSPS) is 28.9. The lowest BCUT2D eigenvalue weighted by atomic mass is 9.90. The Morgan fingerprint density at radius 3 is 3.00 bits per heavy atom. The van der Waals surface area contributed by atoms with E-state index in [1.165, 1.54) is 25.7 Å². The smallest absolute Gasteiger partial charge is 0.147 e. The van der Waals surface area contributed by atoms with Crippen LogP contribution in [0.1, 0.15) is 31.4 Å². The zero-order valence-electron chi connectivity index (χ0n) is 10.4. The lowest BCUT2D eigenvalue weighted by molar-refractivity contribution is -0.0914. The molecule has 2 fully saturated rings. The molecule has 1 aromatic heterocycles. The molecular formula is C13H18ClN3O. The fraction of sp³-hybridized carbons (Fsp3) is 0.692. The minimum atomic E-state index is 0.424. The van der Waals surface area contributed by atoms with E-state index in [2.05, 4.69) is 14.9 Å². The van der Waals surface area contributed by atoms with Gasteiger partial charge in [0.2, 0.25) is 0 Å². The van der Waals surface area contributed by atoms with Gasteiger partial charge in [0.15, 0.2) is 0 Å². The summed E-state index contributed by atoms with van der Waals surface area (Å²) in [6.45, 7) is 2.68. The third-order valence-electron chi connectivity index (χ3n) is 3.89. The van der Waals surface area contributed by atoms with Crippen LogP contribution < -0.4 is 0 Å². The fourth-order valence-corrected chi connectivity index (χ4v) is 3.10. The Hall–Kier alpha value is -0.710. The molecular weight excluding hydrogens is 250 g/mol. The quantitative estimate of drug-likeness (QED) is 0.824. The number of ether oxygens (including phenoxy) is 1. The van der Waals surface area contributed by atoms with Crippen LogP contribution in [0.2, 0.25) is 5.15 Å². The molecule has 0 N–H and O–H groups in total. The number of hydrogen-bond acceptors (Lipinski definition) is 4. The second-order valence-electron chi connectivity index (χ2n) is 5.06. The minimum Gasteiger partial charge on any atom is -0.375 e. The van der Waals surface area contributed by atoms with Crippen LogP contribution in [0, 0.1) is 0 Å². The van der Waals surface area contributed by atoms with Gasteiger partial charge < -0.3 is 4.74 Å². The number of nitrogens with zero attached hydrogens (tertiary/aromatic N) is 3. The molecule has 2 heterocycles. The summed E-state index contributed by atoms with van der Waals surface area (Å²) in [5.74, 6) is 0. The standard InChI is InChI=1S/C13H18ClN3O/c14-13-8-15-10(7-16-13)9-17-5-6-18-12-4-2-1-3-11(12)17/h7-8,11-12H,1-6,9H2. The molecule has 5 heteroatoms. The summed E-state index contributed by atoms with van der Waals surface area (Å²) in [5, 5.41) is 0.455. The van der Waals surface area contributed by atoms with Crippen molar-refractivity contribution in [1.29, 1.82) is 0 Å². The molecule has 2 unspecified atom stereocenters. The van der Waals surface area contributed by atoms with Crippen molar-refractivity contribution in [1.82, 2.24) is 14.9 Å². The van der Waals surface area contributed by atoms with E-state index in [4.69, 9.17) is 16.3 Å². The monoisotopic (exact) mass is 267 g/mol. The van der Waals surface area contributed by atoms with Crippen molar-refractivity contribution >= 4 is 11.6 Å². The van der Waals surface area contributed by atoms with Crippen LogP contribution >= 0.6 is 11.6 Å². The number of fused-ring (bicyclic) bond motifs is 1. The van der Waals surface area contributed by atoms with E-state index in [0.29, 0.717) is 17.3 Å². The van der Waals surface area contributed by atoms with Crippen LogP contribution in [0.25, 0.3) is 0 Å². The highest BCUT2D eigenvalue weighted by Gasteiger charge is 2.34. The summed E-state index contributed by atoms with van der Waals surface area (Å²) < 4.78 is 5.87. The molecule has 0 radical (unpaired) electrons. The lowest BCUT2D eigenvalue weighted by Gasteiger charge is -2.43. The van der Waals surface area contributed by atoms with Crippen LogP contribution in [-0.4, -0.2) is 40.2 Å². The number of morpholine rings is 1. The van der Waals surface area contributed by atoms with Gasteiger partial charge in [-0.25, -0.2) is 4.98 Å². The van der Waals surface area contributed by atoms with Crippen LogP contribution in [-0.2, 0) is 11.3 Å². The van der Waals surface area contributed by atoms with Gasteiger partial charge in [0.1, 0.15) is 5.15 Å². The van der Waals surface area contributed by atoms with Crippen molar-refractivity contribution in [2.45, 2.75) is 44.4 Å². The molecule has 0 spiro atoms. The molecule has 18 heavy (non-hydrogen) atoms. The summed E-state index contributed by atoms with van der Waals surface area (Å²) in [5.41, 5.74) is 0.991. The summed E-state index contributed by atoms with van der Waals surface area (Å²) in [7, 11) is 0. The van der Waals surface area contributed by atoms with Crippen molar-refractivity contribution < 1.29 is 4.74 Å². The first-order valence-electron chi connectivity index (χ1n) is 6.65. The third kappa shape index (κ3) is 2.66. The Bertz CT molecular complexity index is 396. The molecule has 1 saturated heterocycles. The largest absolute Gasteiger partial charge is 0.375 e. The van der Waals surface area contributed by atoms with Crippen molar-refractivity contribution in [2.24, 2.45) is 0 Å². The lowest BCUT2D eigenvalue weighted by Crippen LogP contribution is -2.52. The van der Waals surface area contributed by atoms with E-state index >= 15 is 0 Å². The first kappa shape index (κ1) is 12.3. The summed E-state index contributed by atoms with van der Waals surface area (Å²) >= 11 is 5.76. The zero-order valence-corrected chi connectivity index (χ0v) is 11.1. The molecule has 0 bridgehead atoms. The zero-order chi connectivity index (χ0) is 12.4. The third-order valence-corrected chi connectivity index (χ3v) is 4.08. The van der Waals surface area contributed by atoms with E-state index in [0.717, 1.165) is 25.4 Å². The van der Waals surface area contributed by atoms with E-state index in [-0.39, 0.29) is 0 Å². The van der Waals surface area contributed by atoms with Crippen LogP contribution in [0.4, 0.5) is 0 Å². The molecule has 2 aliphatic rings. The molecule has 2 atom stereocenters. The van der Waals surface area contributed by atoms with E-state index in [9.17, 15) is 0 Å². The molecule has 1 aromatic rings. The summed E-state index contributed by atoms with van der Waals surface area (Å²) in [6.07, 6.45) is 8.88. The fourth-order valence-electron chi connectivity index (χ4n) is 3.00.